The van der Waals surface area contributed by atoms with Gasteiger partial charge in [-0.05, 0) is 56.8 Å². The molecule has 3 aromatic heterocycles. The molecule has 3 aromatic rings. The number of hydrogen-bond donors (Lipinski definition) is 2. The Bertz CT molecular complexity index is 1540. The van der Waals surface area contributed by atoms with Crippen LogP contribution in [0.1, 0.15) is 43.2 Å². The van der Waals surface area contributed by atoms with E-state index in [4.69, 9.17) is 10.5 Å². The average Bonchev–Trinajstić information content (AvgIpc) is 3.55. The number of ether oxygens (including phenoxy) is 1. The van der Waals surface area contributed by atoms with E-state index in [1.807, 2.05) is 4.90 Å². The molecule has 9 nitrogen and oxygen atoms in total. The van der Waals surface area contributed by atoms with Crippen molar-refractivity contribution in [3.63, 3.8) is 0 Å². The molecule has 7 heterocycles. The van der Waals surface area contributed by atoms with Crippen LogP contribution in [0.15, 0.2) is 12.1 Å². The lowest BCUT2D eigenvalue weighted by Gasteiger charge is -2.34. The summed E-state index contributed by atoms with van der Waals surface area (Å²) >= 11 is 0. The van der Waals surface area contributed by atoms with Crippen LogP contribution in [0.2, 0.25) is 0 Å². The second-order valence-electron chi connectivity index (χ2n) is 12.0. The minimum Gasteiger partial charge on any atom is -0.461 e. The maximum Gasteiger partial charge on any atom is 0.418 e. The monoisotopic (exact) mass is 590 g/mol. The number of nitrogens with one attached hydrogen (secondary N) is 1. The van der Waals surface area contributed by atoms with E-state index in [0.29, 0.717) is 31.9 Å². The quantitative estimate of drug-likeness (QED) is 0.426. The van der Waals surface area contributed by atoms with Gasteiger partial charge in [0.2, 0.25) is 0 Å². The summed E-state index contributed by atoms with van der Waals surface area (Å²) in [7, 11) is 0. The van der Waals surface area contributed by atoms with Crippen LogP contribution < -0.4 is 20.7 Å². The first-order chi connectivity index (χ1) is 20.0. The van der Waals surface area contributed by atoms with Crippen LogP contribution in [0.5, 0.6) is 6.01 Å². The van der Waals surface area contributed by atoms with Crippen molar-refractivity contribution < 1.29 is 26.7 Å². The summed E-state index contributed by atoms with van der Waals surface area (Å²) in [5.41, 5.74) is 2.67. The minimum absolute atomic E-state index is 0.0251. The number of aromatic nitrogens is 4. The normalized spacial score (nSPS) is 27.7. The van der Waals surface area contributed by atoms with Crippen molar-refractivity contribution in [2.24, 2.45) is 0 Å². The fraction of sp³-hybridized carbons (Fsp3) is 0.571. The van der Waals surface area contributed by atoms with Crippen LogP contribution in [0.4, 0.5) is 33.6 Å². The molecule has 2 unspecified atom stereocenters. The molecule has 42 heavy (non-hydrogen) atoms. The zero-order valence-electron chi connectivity index (χ0n) is 23.0. The highest BCUT2D eigenvalue weighted by Crippen LogP contribution is 2.42. The molecule has 4 atom stereocenters. The molecule has 224 valence electrons. The van der Waals surface area contributed by atoms with Crippen molar-refractivity contribution in [2.75, 3.05) is 43.4 Å². The van der Waals surface area contributed by atoms with Crippen LogP contribution >= 0.6 is 0 Å². The summed E-state index contributed by atoms with van der Waals surface area (Å²) in [5.74, 6) is -0.791. The molecule has 4 aliphatic rings. The van der Waals surface area contributed by atoms with Crippen LogP contribution in [0, 0.1) is 12.7 Å². The van der Waals surface area contributed by atoms with E-state index in [1.165, 1.54) is 6.92 Å². The maximum atomic E-state index is 15.7. The second-order valence-corrected chi connectivity index (χ2v) is 12.0. The van der Waals surface area contributed by atoms with Gasteiger partial charge >= 0.3 is 12.2 Å². The van der Waals surface area contributed by atoms with E-state index < -0.39 is 40.7 Å². The summed E-state index contributed by atoms with van der Waals surface area (Å²) in [6, 6.07) is 2.63. The number of halogens is 5. The molecule has 2 bridgehead atoms. The van der Waals surface area contributed by atoms with Gasteiger partial charge in [0.05, 0.1) is 16.5 Å². The first kappa shape index (κ1) is 27.4. The number of pyridine rings is 2. The minimum atomic E-state index is -4.82. The highest BCUT2D eigenvalue weighted by Gasteiger charge is 2.49. The van der Waals surface area contributed by atoms with E-state index in [-0.39, 0.29) is 47.1 Å². The molecular weight excluding hydrogens is 559 g/mol. The highest BCUT2D eigenvalue weighted by atomic mass is 19.4. The number of nitrogens with zero attached hydrogens (tertiary/aromatic N) is 6. The molecule has 4 saturated heterocycles. The Hall–Kier alpha value is -3.39. The molecule has 0 aliphatic carbocycles. The second kappa shape index (κ2) is 9.83. The van der Waals surface area contributed by atoms with Gasteiger partial charge < -0.3 is 20.7 Å². The standard InChI is InChI=1S/C28H31F5N8O/c1-14-7-20(34)36-23(21(14)28(31,32)33)22-19(30)8-18-24(37-22)38-26(39-25(18)40-11-16-3-4-17(12-40)35-16)42-13-27-5-2-6-41(27)10-15(29)9-27/h7-8,15-17,35H,2-6,9-13H2,1H3,(H2,34,36)/t15-,16?,17?,27+/m1/s1. The lowest BCUT2D eigenvalue weighted by atomic mass is 9.95. The fourth-order valence-electron chi connectivity index (χ4n) is 7.31. The third-order valence-corrected chi connectivity index (χ3v) is 9.09. The Morgan fingerprint density at radius 3 is 2.57 bits per heavy atom. The number of aryl methyl sites for hydroxylation is 1. The third-order valence-electron chi connectivity index (χ3n) is 9.09. The number of nitrogen functional groups attached to an aromatic ring is 1. The fourth-order valence-corrected chi connectivity index (χ4v) is 7.31. The largest absolute Gasteiger partial charge is 0.461 e. The molecule has 14 heteroatoms. The third kappa shape index (κ3) is 4.68. The molecule has 3 N–H and O–H groups in total. The van der Waals surface area contributed by atoms with Crippen LogP contribution in [-0.4, -0.2) is 81.4 Å². The van der Waals surface area contributed by atoms with Crippen molar-refractivity contribution in [3.05, 3.63) is 29.1 Å². The lowest BCUT2D eigenvalue weighted by molar-refractivity contribution is -0.137. The van der Waals surface area contributed by atoms with Gasteiger partial charge in [-0.15, -0.1) is 0 Å². The van der Waals surface area contributed by atoms with Crippen molar-refractivity contribution in [2.45, 2.75) is 69.0 Å². The molecule has 0 spiro atoms. The molecule has 0 amide bonds. The molecule has 0 saturated carbocycles. The van der Waals surface area contributed by atoms with Gasteiger partial charge in [-0.1, -0.05) is 0 Å². The number of anilines is 2. The van der Waals surface area contributed by atoms with E-state index in [1.54, 1.807) is 0 Å². The van der Waals surface area contributed by atoms with Gasteiger partial charge in [-0.2, -0.15) is 23.1 Å². The summed E-state index contributed by atoms with van der Waals surface area (Å²) in [6.07, 6.45) is -1.71. The van der Waals surface area contributed by atoms with Crippen LogP contribution in [-0.2, 0) is 6.18 Å². The Balaban J connectivity index is 1.34. The number of piperazine rings is 1. The van der Waals surface area contributed by atoms with Crippen molar-refractivity contribution in [1.82, 2.24) is 30.2 Å². The van der Waals surface area contributed by atoms with Crippen molar-refractivity contribution in [3.8, 4) is 17.4 Å². The van der Waals surface area contributed by atoms with Crippen LogP contribution in [0.25, 0.3) is 22.4 Å². The number of nitrogens with two attached hydrogens (primary N) is 1. The predicted molar refractivity (Wildman–Crippen MR) is 145 cm³/mol. The number of alkyl halides is 4. The number of fused-ring (bicyclic) bond motifs is 4. The first-order valence-electron chi connectivity index (χ1n) is 14.2. The zero-order valence-corrected chi connectivity index (χ0v) is 23.0. The van der Waals surface area contributed by atoms with Crippen molar-refractivity contribution in [1.29, 1.82) is 0 Å². The summed E-state index contributed by atoms with van der Waals surface area (Å²) in [4.78, 5) is 21.4. The van der Waals surface area contributed by atoms with Gasteiger partial charge in [-0.25, -0.2) is 18.7 Å². The Kier molecular flexibility index (Phi) is 6.42. The highest BCUT2D eigenvalue weighted by molar-refractivity contribution is 5.89. The van der Waals surface area contributed by atoms with Gasteiger partial charge in [0.15, 0.2) is 11.5 Å². The van der Waals surface area contributed by atoms with Gasteiger partial charge in [0.25, 0.3) is 0 Å². The lowest BCUT2D eigenvalue weighted by Crippen LogP contribution is -2.51. The van der Waals surface area contributed by atoms with E-state index >= 15 is 4.39 Å². The SMILES string of the molecule is Cc1cc(N)nc(-c2nc3nc(OC[C@@]45CCCN4C[C@H](F)C5)nc(N4CC5CCC(C4)N5)c3cc2F)c1C(F)(F)F. The number of rotatable bonds is 5. The van der Waals surface area contributed by atoms with Crippen LogP contribution in [0.3, 0.4) is 0 Å². The Labute approximate surface area is 238 Å². The molecule has 0 aromatic carbocycles. The summed E-state index contributed by atoms with van der Waals surface area (Å²) < 4.78 is 78.4. The Morgan fingerprint density at radius 2 is 1.83 bits per heavy atom. The zero-order chi connectivity index (χ0) is 29.4. The topological polar surface area (TPSA) is 105 Å². The van der Waals surface area contributed by atoms with E-state index in [9.17, 15) is 17.6 Å². The average molecular weight is 591 g/mol. The predicted octanol–water partition coefficient (Wildman–Crippen LogP) is 4.03. The van der Waals surface area contributed by atoms with Gasteiger partial charge in [-0.3, -0.25) is 4.90 Å². The van der Waals surface area contributed by atoms with Gasteiger partial charge in [0, 0.05) is 38.1 Å². The molecule has 7 rings (SSSR count). The van der Waals surface area contributed by atoms with E-state index in [2.05, 4.69) is 30.2 Å². The molecule has 0 radical (unpaired) electrons. The Morgan fingerprint density at radius 1 is 1.07 bits per heavy atom. The van der Waals surface area contributed by atoms with E-state index in [0.717, 1.165) is 44.4 Å². The van der Waals surface area contributed by atoms with Gasteiger partial charge in [0.1, 0.15) is 35.8 Å². The summed E-state index contributed by atoms with van der Waals surface area (Å²) in [5, 5.41) is 3.80. The number of hydrogen-bond acceptors (Lipinski definition) is 9. The first-order valence-corrected chi connectivity index (χ1v) is 14.2. The molecule has 4 aliphatic heterocycles. The maximum absolute atomic E-state index is 15.7. The smallest absolute Gasteiger partial charge is 0.418 e. The molecular formula is C28H31F5N8O. The molecule has 4 fully saturated rings. The summed E-state index contributed by atoms with van der Waals surface area (Å²) in [6.45, 7) is 3.77. The van der Waals surface area contributed by atoms with Crippen molar-refractivity contribution >= 4 is 22.7 Å².